The summed E-state index contributed by atoms with van der Waals surface area (Å²) in [5.41, 5.74) is 0. The molecule has 1 rings (SSSR count). The predicted octanol–water partition coefficient (Wildman–Crippen LogP) is -2.12. The number of benzene rings is 1. The van der Waals surface area contributed by atoms with Crippen molar-refractivity contribution in [1.29, 1.82) is 0 Å². The number of rotatable bonds is 1. The molecule has 0 aliphatic heterocycles. The molecule has 0 spiro atoms. The van der Waals surface area contributed by atoms with E-state index in [0.29, 0.717) is 0 Å². The Labute approximate surface area is 99.2 Å². The topological polar surface area (TPSA) is 34.1 Å². The van der Waals surface area contributed by atoms with Crippen LogP contribution in [-0.2, 0) is 9.84 Å². The maximum atomic E-state index is 10.7. The summed E-state index contributed by atoms with van der Waals surface area (Å²) < 4.78 is 21.4. The van der Waals surface area contributed by atoms with E-state index in [1.807, 2.05) is 0 Å². The molecule has 12 heavy (non-hydrogen) atoms. The zero-order valence-corrected chi connectivity index (χ0v) is 10.2. The Morgan fingerprint density at radius 1 is 1.08 bits per heavy atom. The quantitative estimate of drug-likeness (QED) is 0.427. The van der Waals surface area contributed by atoms with Gasteiger partial charge in [-0.1, -0.05) is 18.2 Å². The monoisotopic (exact) mass is 258 g/mol. The number of hydrogen-bond donors (Lipinski definition) is 0. The Morgan fingerprint density at radius 3 is 1.75 bits per heavy atom. The van der Waals surface area contributed by atoms with E-state index in [2.05, 4.69) is 6.26 Å². The van der Waals surface area contributed by atoms with Gasteiger partial charge in [-0.15, -0.1) is 0 Å². The van der Waals surface area contributed by atoms with Crippen molar-refractivity contribution in [3.05, 3.63) is 36.6 Å². The first kappa shape index (κ1) is 14.9. The molecule has 0 N–H and O–H groups in total. The van der Waals surface area contributed by atoms with Gasteiger partial charge in [-0.25, -0.2) is 6.26 Å². The van der Waals surface area contributed by atoms with E-state index in [9.17, 15) is 8.42 Å². The van der Waals surface area contributed by atoms with Gasteiger partial charge in [0.2, 0.25) is 0 Å². The van der Waals surface area contributed by atoms with Crippen LogP contribution in [0.1, 0.15) is 0 Å². The van der Waals surface area contributed by atoms with Crippen molar-refractivity contribution in [2.24, 2.45) is 0 Å². The summed E-state index contributed by atoms with van der Waals surface area (Å²) in [6.07, 6.45) is 3.01. The number of sulfone groups is 1. The van der Waals surface area contributed by atoms with Crippen LogP contribution >= 0.6 is 0 Å². The van der Waals surface area contributed by atoms with Gasteiger partial charge in [-0.05, 0) is 12.1 Å². The van der Waals surface area contributed by atoms with Gasteiger partial charge in [0.15, 0.2) is 0 Å². The predicted molar refractivity (Wildman–Crippen MR) is 44.7 cm³/mol. The zero-order chi connectivity index (χ0) is 7.61. The van der Waals surface area contributed by atoms with E-state index in [1.54, 1.807) is 18.2 Å². The Hall–Kier alpha value is 0.416. The molecule has 0 saturated heterocycles. The fourth-order valence-electron chi connectivity index (χ4n) is 0.628. The first-order valence-electron chi connectivity index (χ1n) is 2.74. The van der Waals surface area contributed by atoms with Crippen LogP contribution in [0, 0.1) is 6.26 Å². The molecule has 0 saturated carbocycles. The van der Waals surface area contributed by atoms with Crippen molar-refractivity contribution in [3.63, 3.8) is 0 Å². The molecule has 0 aliphatic rings. The third-order valence-corrected chi connectivity index (χ3v) is 2.09. The summed E-state index contributed by atoms with van der Waals surface area (Å²) >= 11 is 0. The maximum Gasteiger partial charge on any atom is 2.00 e. The van der Waals surface area contributed by atoms with Crippen molar-refractivity contribution in [2.75, 3.05) is 0 Å². The van der Waals surface area contributed by atoms with Gasteiger partial charge in [0.1, 0.15) is 0 Å². The van der Waals surface area contributed by atoms with E-state index in [1.165, 1.54) is 12.1 Å². The molecular weight excluding hydrogens is 252 g/mol. The second-order valence-corrected chi connectivity index (χ2v) is 3.63. The van der Waals surface area contributed by atoms with Crippen molar-refractivity contribution >= 4 is 32.9 Å². The van der Waals surface area contributed by atoms with E-state index < -0.39 is 9.84 Å². The molecule has 1 aromatic carbocycles. The fourth-order valence-corrected chi connectivity index (χ4v) is 1.20. The average Bonchev–Trinajstić information content (AvgIpc) is 1.88. The van der Waals surface area contributed by atoms with Crippen LogP contribution in [-0.4, -0.2) is 31.5 Å². The van der Waals surface area contributed by atoms with Crippen LogP contribution in [0.5, 0.6) is 0 Å². The third kappa shape index (κ3) is 4.44. The first-order valence-corrected chi connectivity index (χ1v) is 4.39. The molecule has 0 aliphatic carbocycles. The molecule has 62 valence electrons. The minimum Gasteiger partial charge on any atom is -1.00 e. The molecule has 0 atom stereocenters. The molecule has 0 amide bonds. The van der Waals surface area contributed by atoms with Crippen molar-refractivity contribution in [2.45, 2.75) is 4.90 Å². The summed E-state index contributed by atoms with van der Waals surface area (Å²) in [5.74, 6) is 0. The molecule has 0 fully saturated rings. The summed E-state index contributed by atoms with van der Waals surface area (Å²) in [5, 5.41) is 0. The van der Waals surface area contributed by atoms with Crippen LogP contribution in [0.25, 0.3) is 0 Å². The van der Waals surface area contributed by atoms with Crippen LogP contribution in [0.2, 0.25) is 0 Å². The molecule has 0 aromatic heterocycles. The zero-order valence-electron chi connectivity index (χ0n) is 6.40. The Bertz CT molecular complexity index is 309. The van der Waals surface area contributed by atoms with E-state index >= 15 is 0 Å². The first-order chi connectivity index (χ1) is 4.61. The van der Waals surface area contributed by atoms with Crippen LogP contribution < -0.4 is 17.0 Å². The van der Waals surface area contributed by atoms with Gasteiger partial charge < -0.3 is 17.0 Å². The van der Waals surface area contributed by atoms with Crippen LogP contribution in [0.4, 0.5) is 0 Å². The standard InChI is InChI=1S/C7H7O2S.BrH.Mg/c1-10(8,9)7-5-3-2-4-6-7;;/h2-6H,1H2;1H;/q-1;;+2/p-1. The smallest absolute Gasteiger partial charge is 1.00 e. The minimum absolute atomic E-state index is 0. The maximum absolute atomic E-state index is 10.7. The Balaban J connectivity index is 0. The second-order valence-electron chi connectivity index (χ2n) is 1.93. The van der Waals surface area contributed by atoms with E-state index in [0.717, 1.165) is 0 Å². The number of hydrogen-bond acceptors (Lipinski definition) is 2. The van der Waals surface area contributed by atoms with Gasteiger partial charge in [-0.2, -0.15) is 0 Å². The van der Waals surface area contributed by atoms with Gasteiger partial charge in [0.05, 0.1) is 0 Å². The molecule has 0 unspecified atom stereocenters. The largest absolute Gasteiger partial charge is 2.00 e. The number of halogens is 1. The molecular formula is C7H7BrMgO2S. The molecule has 5 heteroatoms. The molecule has 2 nitrogen and oxygen atoms in total. The van der Waals surface area contributed by atoms with E-state index in [-0.39, 0.29) is 44.9 Å². The van der Waals surface area contributed by atoms with Crippen LogP contribution in [0.3, 0.4) is 0 Å². The molecule has 0 radical (unpaired) electrons. The van der Waals surface area contributed by atoms with Gasteiger partial charge in [0, 0.05) is 14.7 Å². The Morgan fingerprint density at radius 2 is 1.50 bits per heavy atom. The molecule has 0 heterocycles. The average molecular weight is 259 g/mol. The Kier molecular flexibility index (Phi) is 7.41. The normalized spacial score (nSPS) is 9.42. The van der Waals surface area contributed by atoms with Crippen molar-refractivity contribution < 1.29 is 25.4 Å². The summed E-state index contributed by atoms with van der Waals surface area (Å²) in [4.78, 5) is 0.259. The van der Waals surface area contributed by atoms with E-state index in [4.69, 9.17) is 0 Å². The molecule has 1 aromatic rings. The summed E-state index contributed by atoms with van der Waals surface area (Å²) in [6, 6.07) is 8.12. The minimum atomic E-state index is -3.25. The second kappa shape index (κ2) is 5.96. The molecule has 0 bridgehead atoms. The van der Waals surface area contributed by atoms with Crippen molar-refractivity contribution in [3.8, 4) is 0 Å². The van der Waals surface area contributed by atoms with Crippen LogP contribution in [0.15, 0.2) is 35.2 Å². The summed E-state index contributed by atoms with van der Waals surface area (Å²) in [7, 11) is -3.25. The third-order valence-electron chi connectivity index (χ3n) is 1.10. The van der Waals surface area contributed by atoms with Gasteiger partial charge >= 0.3 is 23.1 Å². The van der Waals surface area contributed by atoms with Gasteiger partial charge in [0.25, 0.3) is 0 Å². The fraction of sp³-hybridized carbons (Fsp3) is 0. The summed E-state index contributed by atoms with van der Waals surface area (Å²) in [6.45, 7) is 0. The SMILES string of the molecule is [Br-].[CH2-]S(=O)(=O)c1ccccc1.[Mg+2]. The van der Waals surface area contributed by atoms with Crippen molar-refractivity contribution in [1.82, 2.24) is 0 Å². The van der Waals surface area contributed by atoms with Gasteiger partial charge in [-0.3, -0.25) is 8.42 Å².